The lowest BCUT2D eigenvalue weighted by atomic mass is 9.89. The summed E-state index contributed by atoms with van der Waals surface area (Å²) < 4.78 is 0. The smallest absolute Gasteiger partial charge is 0.0804 e. The molecule has 0 amide bonds. The third kappa shape index (κ3) is 5.82. The van der Waals surface area contributed by atoms with Crippen molar-refractivity contribution in [2.75, 3.05) is 0 Å². The van der Waals surface area contributed by atoms with Gasteiger partial charge in [0.05, 0.1) is 12.2 Å². The first-order valence-electron chi connectivity index (χ1n) is 8.94. The predicted octanol–water partition coefficient (Wildman–Crippen LogP) is 4.17. The molecule has 4 atom stereocenters. The summed E-state index contributed by atoms with van der Waals surface area (Å²) in [5.74, 6) is 0. The van der Waals surface area contributed by atoms with Gasteiger partial charge in [-0.15, -0.1) is 12.4 Å². The monoisotopic (exact) mass is 361 g/mol. The van der Waals surface area contributed by atoms with Gasteiger partial charge in [-0.3, -0.25) is 0 Å². The van der Waals surface area contributed by atoms with Gasteiger partial charge in [-0.1, -0.05) is 67.1 Å². The molecule has 0 aromatic heterocycles. The fraction of sp³-hybridized carbons (Fsp3) is 0.429. The Morgan fingerprint density at radius 3 is 1.56 bits per heavy atom. The van der Waals surface area contributed by atoms with Crippen molar-refractivity contribution in [3.63, 3.8) is 0 Å². The molecule has 1 aliphatic heterocycles. The lowest BCUT2D eigenvalue weighted by Crippen LogP contribution is -2.43. The standard InChI is InChI=1S/C21H27NO2.ClH/c23-20(16-8-3-1-4-9-16)14-18-12-7-13-19(22-18)15-21(24)17-10-5-2-6-11-17;/h1-6,8-11,18-24H,7,12-15H2;1H. The van der Waals surface area contributed by atoms with Crippen LogP contribution in [0.5, 0.6) is 0 Å². The Hall–Kier alpha value is -1.39. The van der Waals surface area contributed by atoms with E-state index in [4.69, 9.17) is 0 Å². The maximum Gasteiger partial charge on any atom is 0.0804 e. The highest BCUT2D eigenvalue weighted by molar-refractivity contribution is 5.85. The quantitative estimate of drug-likeness (QED) is 0.723. The number of benzene rings is 2. The highest BCUT2D eigenvalue weighted by Crippen LogP contribution is 2.27. The first kappa shape index (κ1) is 19.9. The van der Waals surface area contributed by atoms with Gasteiger partial charge in [-0.2, -0.15) is 0 Å². The fourth-order valence-corrected chi connectivity index (χ4v) is 3.64. The van der Waals surface area contributed by atoms with Crippen LogP contribution in [0, 0.1) is 0 Å². The van der Waals surface area contributed by atoms with Gasteiger partial charge in [0.15, 0.2) is 0 Å². The summed E-state index contributed by atoms with van der Waals surface area (Å²) in [6, 6.07) is 20.3. The number of rotatable bonds is 6. The van der Waals surface area contributed by atoms with E-state index in [1.165, 1.54) is 0 Å². The van der Waals surface area contributed by atoms with Gasteiger partial charge in [0.25, 0.3) is 0 Å². The van der Waals surface area contributed by atoms with Gasteiger partial charge < -0.3 is 15.5 Å². The second kappa shape index (κ2) is 9.93. The molecule has 1 saturated heterocycles. The Morgan fingerprint density at radius 1 is 0.760 bits per heavy atom. The number of aliphatic hydroxyl groups excluding tert-OH is 2. The maximum atomic E-state index is 10.4. The summed E-state index contributed by atoms with van der Waals surface area (Å²) in [6.07, 6.45) is 3.90. The normalized spacial score (nSPS) is 22.6. The van der Waals surface area contributed by atoms with E-state index < -0.39 is 12.2 Å². The van der Waals surface area contributed by atoms with Crippen LogP contribution in [0.2, 0.25) is 0 Å². The molecule has 136 valence electrons. The van der Waals surface area contributed by atoms with Gasteiger partial charge in [0.2, 0.25) is 0 Å². The highest BCUT2D eigenvalue weighted by atomic mass is 35.5. The molecule has 0 radical (unpaired) electrons. The van der Waals surface area contributed by atoms with Gasteiger partial charge in [-0.05, 0) is 36.8 Å². The summed E-state index contributed by atoms with van der Waals surface area (Å²) in [4.78, 5) is 0. The molecule has 25 heavy (non-hydrogen) atoms. The summed E-state index contributed by atoms with van der Waals surface area (Å²) >= 11 is 0. The molecule has 0 bridgehead atoms. The van der Waals surface area contributed by atoms with Crippen LogP contribution in [-0.2, 0) is 0 Å². The Labute approximate surface area is 156 Å². The number of nitrogens with one attached hydrogen (secondary N) is 1. The van der Waals surface area contributed by atoms with Crippen molar-refractivity contribution in [2.24, 2.45) is 0 Å². The van der Waals surface area contributed by atoms with Crippen LogP contribution in [0.3, 0.4) is 0 Å². The van der Waals surface area contributed by atoms with Gasteiger partial charge >= 0.3 is 0 Å². The molecule has 0 saturated carbocycles. The van der Waals surface area contributed by atoms with Crippen molar-refractivity contribution in [1.82, 2.24) is 5.32 Å². The average molecular weight is 362 g/mol. The largest absolute Gasteiger partial charge is 0.388 e. The second-order valence-electron chi connectivity index (χ2n) is 6.82. The molecule has 2 aromatic rings. The molecule has 1 aliphatic rings. The van der Waals surface area contributed by atoms with Crippen molar-refractivity contribution < 1.29 is 10.2 Å². The number of hydrogen-bond acceptors (Lipinski definition) is 3. The lowest BCUT2D eigenvalue weighted by molar-refractivity contribution is 0.116. The number of hydrogen-bond donors (Lipinski definition) is 3. The number of piperidine rings is 1. The van der Waals surface area contributed by atoms with Crippen LogP contribution >= 0.6 is 12.4 Å². The Kier molecular flexibility index (Phi) is 7.91. The molecular weight excluding hydrogens is 334 g/mol. The summed E-state index contributed by atoms with van der Waals surface area (Å²) in [6.45, 7) is 0. The van der Waals surface area contributed by atoms with E-state index in [1.54, 1.807) is 0 Å². The van der Waals surface area contributed by atoms with Crippen molar-refractivity contribution in [2.45, 2.75) is 56.4 Å². The Bertz CT molecular complexity index is 554. The number of aliphatic hydroxyl groups is 2. The molecule has 0 aliphatic carbocycles. The van der Waals surface area contributed by atoms with E-state index in [1.807, 2.05) is 60.7 Å². The van der Waals surface area contributed by atoms with Crippen molar-refractivity contribution >= 4 is 12.4 Å². The second-order valence-corrected chi connectivity index (χ2v) is 6.82. The SMILES string of the molecule is Cl.OC(CC1CCCC(CC(O)c2ccccc2)N1)c1ccccc1. The summed E-state index contributed by atoms with van der Waals surface area (Å²) in [5, 5.41) is 24.5. The number of halogens is 1. The molecular formula is C21H28ClNO2. The van der Waals surface area contributed by atoms with Gasteiger partial charge in [0.1, 0.15) is 0 Å². The van der Waals surface area contributed by atoms with E-state index in [0.29, 0.717) is 12.1 Å². The van der Waals surface area contributed by atoms with E-state index >= 15 is 0 Å². The molecule has 2 aromatic carbocycles. The molecule has 1 fully saturated rings. The topological polar surface area (TPSA) is 52.5 Å². The van der Waals surface area contributed by atoms with E-state index in [0.717, 1.165) is 43.2 Å². The zero-order valence-corrected chi connectivity index (χ0v) is 15.2. The summed E-state index contributed by atoms with van der Waals surface area (Å²) in [7, 11) is 0. The molecule has 3 N–H and O–H groups in total. The summed E-state index contributed by atoms with van der Waals surface area (Å²) in [5.41, 5.74) is 1.96. The Morgan fingerprint density at radius 2 is 1.16 bits per heavy atom. The van der Waals surface area contributed by atoms with Gasteiger partial charge in [0, 0.05) is 12.1 Å². The minimum Gasteiger partial charge on any atom is -0.388 e. The van der Waals surface area contributed by atoms with Crippen LogP contribution in [0.15, 0.2) is 60.7 Å². The first-order valence-corrected chi connectivity index (χ1v) is 8.94. The molecule has 4 unspecified atom stereocenters. The fourth-order valence-electron chi connectivity index (χ4n) is 3.64. The third-order valence-electron chi connectivity index (χ3n) is 4.96. The van der Waals surface area contributed by atoms with Crippen molar-refractivity contribution in [3.05, 3.63) is 71.8 Å². The molecule has 1 heterocycles. The van der Waals surface area contributed by atoms with Crippen LogP contribution in [0.25, 0.3) is 0 Å². The highest BCUT2D eigenvalue weighted by Gasteiger charge is 2.25. The average Bonchev–Trinajstić information content (AvgIpc) is 2.63. The predicted molar refractivity (Wildman–Crippen MR) is 104 cm³/mol. The van der Waals surface area contributed by atoms with E-state index in [2.05, 4.69) is 5.32 Å². The Balaban J connectivity index is 0.00000225. The lowest BCUT2D eigenvalue weighted by Gasteiger charge is -2.33. The van der Waals surface area contributed by atoms with Crippen LogP contribution < -0.4 is 5.32 Å². The van der Waals surface area contributed by atoms with Crippen LogP contribution in [0.4, 0.5) is 0 Å². The van der Waals surface area contributed by atoms with Crippen molar-refractivity contribution in [3.8, 4) is 0 Å². The minimum atomic E-state index is -0.429. The van der Waals surface area contributed by atoms with Crippen LogP contribution in [0.1, 0.15) is 55.4 Å². The van der Waals surface area contributed by atoms with Gasteiger partial charge in [-0.25, -0.2) is 0 Å². The minimum absolute atomic E-state index is 0. The van der Waals surface area contributed by atoms with E-state index in [-0.39, 0.29) is 12.4 Å². The zero-order chi connectivity index (χ0) is 16.8. The third-order valence-corrected chi connectivity index (χ3v) is 4.96. The molecule has 4 heteroatoms. The maximum absolute atomic E-state index is 10.4. The van der Waals surface area contributed by atoms with Crippen LogP contribution in [-0.4, -0.2) is 22.3 Å². The zero-order valence-electron chi connectivity index (χ0n) is 14.4. The molecule has 3 nitrogen and oxygen atoms in total. The molecule has 0 spiro atoms. The van der Waals surface area contributed by atoms with Crippen molar-refractivity contribution in [1.29, 1.82) is 0 Å². The van der Waals surface area contributed by atoms with E-state index in [9.17, 15) is 10.2 Å². The first-order chi connectivity index (χ1) is 11.7. The molecule has 3 rings (SSSR count).